The van der Waals surface area contributed by atoms with Crippen molar-refractivity contribution in [3.05, 3.63) is 0 Å². The zero-order valence-electron chi connectivity index (χ0n) is 8.43. The van der Waals surface area contributed by atoms with Crippen LogP contribution in [0.25, 0.3) is 0 Å². The van der Waals surface area contributed by atoms with E-state index >= 15 is 0 Å². The molecule has 0 atom stereocenters. The lowest BCUT2D eigenvalue weighted by Gasteiger charge is -2.11. The Morgan fingerprint density at radius 1 is 1.43 bits per heavy atom. The van der Waals surface area contributed by atoms with E-state index < -0.39 is 0 Å². The lowest BCUT2D eigenvalue weighted by molar-refractivity contribution is -0.121. The molecule has 14 heavy (non-hydrogen) atoms. The first-order valence-electron chi connectivity index (χ1n) is 5.27. The Morgan fingerprint density at radius 2 is 2.14 bits per heavy atom. The van der Waals surface area contributed by atoms with Crippen LogP contribution in [0.4, 0.5) is 0 Å². The Balaban J connectivity index is 1.90. The van der Waals surface area contributed by atoms with Crippen molar-refractivity contribution in [3.63, 3.8) is 0 Å². The summed E-state index contributed by atoms with van der Waals surface area (Å²) in [5.74, 6) is 0.394. The molecule has 0 aliphatic heterocycles. The number of hydrogen-bond donors (Lipinski definition) is 1. The highest BCUT2D eigenvalue weighted by molar-refractivity contribution is 6.18. The Kier molecular flexibility index (Phi) is 5.96. The minimum atomic E-state index is 0.00928. The van der Waals surface area contributed by atoms with Gasteiger partial charge in [-0.05, 0) is 12.8 Å². The summed E-state index contributed by atoms with van der Waals surface area (Å²) in [5.41, 5.74) is 0. The third-order valence-electron chi connectivity index (χ3n) is 2.40. The summed E-state index contributed by atoms with van der Waals surface area (Å²) in [6.07, 6.45) is 5.74. The van der Waals surface area contributed by atoms with E-state index in [4.69, 9.17) is 16.3 Å². The van der Waals surface area contributed by atoms with Crippen LogP contribution in [0.2, 0.25) is 0 Å². The average molecular weight is 220 g/mol. The van der Waals surface area contributed by atoms with Crippen LogP contribution < -0.4 is 5.32 Å². The summed E-state index contributed by atoms with van der Waals surface area (Å²) >= 11 is 5.42. The second kappa shape index (κ2) is 7.07. The molecule has 1 saturated carbocycles. The number of hydrogen-bond acceptors (Lipinski definition) is 2. The van der Waals surface area contributed by atoms with Gasteiger partial charge in [-0.3, -0.25) is 4.79 Å². The fourth-order valence-corrected chi connectivity index (χ4v) is 1.82. The molecule has 1 aliphatic rings. The fourth-order valence-electron chi connectivity index (χ4n) is 1.65. The molecule has 4 heteroatoms. The van der Waals surface area contributed by atoms with Gasteiger partial charge in [-0.1, -0.05) is 12.8 Å². The van der Waals surface area contributed by atoms with E-state index in [0.717, 1.165) is 0 Å². The standard InChI is InChI=1S/C10H18ClNO2/c11-6-5-10(13)12-7-8-14-9-3-1-2-4-9/h9H,1-8H2,(H,12,13). The first-order valence-corrected chi connectivity index (χ1v) is 5.80. The average Bonchev–Trinajstić information content (AvgIpc) is 2.65. The highest BCUT2D eigenvalue weighted by atomic mass is 35.5. The summed E-state index contributed by atoms with van der Waals surface area (Å²) in [5, 5.41) is 2.76. The van der Waals surface area contributed by atoms with Gasteiger partial charge in [-0.2, -0.15) is 0 Å². The molecule has 1 aliphatic carbocycles. The number of halogens is 1. The van der Waals surface area contributed by atoms with Gasteiger partial charge < -0.3 is 10.1 Å². The molecule has 0 aromatic carbocycles. The van der Waals surface area contributed by atoms with E-state index in [9.17, 15) is 4.79 Å². The van der Waals surface area contributed by atoms with Gasteiger partial charge in [-0.25, -0.2) is 0 Å². The Bertz CT molecular complexity index is 170. The highest BCUT2D eigenvalue weighted by Gasteiger charge is 2.14. The largest absolute Gasteiger partial charge is 0.376 e. The Labute approximate surface area is 90.1 Å². The van der Waals surface area contributed by atoms with Gasteiger partial charge in [-0.15, -0.1) is 11.6 Å². The molecule has 0 unspecified atom stereocenters. The van der Waals surface area contributed by atoms with Crippen LogP contribution in [0.1, 0.15) is 32.1 Å². The first-order chi connectivity index (χ1) is 6.83. The topological polar surface area (TPSA) is 38.3 Å². The van der Waals surface area contributed by atoms with E-state index in [0.29, 0.717) is 31.6 Å². The van der Waals surface area contributed by atoms with Gasteiger partial charge in [0.25, 0.3) is 0 Å². The maximum absolute atomic E-state index is 11.0. The molecular weight excluding hydrogens is 202 g/mol. The second-order valence-corrected chi connectivity index (χ2v) is 3.94. The number of alkyl halides is 1. The molecule has 0 bridgehead atoms. The minimum Gasteiger partial charge on any atom is -0.376 e. The lowest BCUT2D eigenvalue weighted by atomic mass is 10.3. The number of amides is 1. The number of rotatable bonds is 6. The summed E-state index contributed by atoms with van der Waals surface area (Å²) < 4.78 is 5.58. The van der Waals surface area contributed by atoms with Gasteiger partial charge in [0.2, 0.25) is 5.91 Å². The van der Waals surface area contributed by atoms with Crippen LogP contribution in [-0.4, -0.2) is 31.0 Å². The molecule has 0 aromatic rings. The molecule has 0 heterocycles. The lowest BCUT2D eigenvalue weighted by Crippen LogP contribution is -2.28. The zero-order valence-corrected chi connectivity index (χ0v) is 9.18. The number of carbonyl (C=O) groups excluding carboxylic acids is 1. The maximum atomic E-state index is 11.0. The maximum Gasteiger partial charge on any atom is 0.221 e. The Hall–Kier alpha value is -0.280. The monoisotopic (exact) mass is 219 g/mol. The summed E-state index contributed by atoms with van der Waals surface area (Å²) in [6.45, 7) is 1.23. The van der Waals surface area contributed by atoms with Crippen molar-refractivity contribution in [2.45, 2.75) is 38.2 Å². The van der Waals surface area contributed by atoms with Crippen molar-refractivity contribution in [1.29, 1.82) is 0 Å². The molecule has 82 valence electrons. The van der Waals surface area contributed by atoms with Crippen molar-refractivity contribution < 1.29 is 9.53 Å². The number of ether oxygens (including phenoxy) is 1. The summed E-state index contributed by atoms with van der Waals surface area (Å²) in [7, 11) is 0. The summed E-state index contributed by atoms with van der Waals surface area (Å²) in [4.78, 5) is 11.0. The summed E-state index contributed by atoms with van der Waals surface area (Å²) in [6, 6.07) is 0. The van der Waals surface area contributed by atoms with Gasteiger partial charge in [0, 0.05) is 18.8 Å². The molecule has 1 rings (SSSR count). The molecule has 3 nitrogen and oxygen atoms in total. The zero-order chi connectivity index (χ0) is 10.2. The molecule has 1 amide bonds. The van der Waals surface area contributed by atoms with Crippen molar-refractivity contribution >= 4 is 17.5 Å². The minimum absolute atomic E-state index is 0.00928. The van der Waals surface area contributed by atoms with E-state index in [1.165, 1.54) is 25.7 Å². The fraction of sp³-hybridized carbons (Fsp3) is 0.900. The van der Waals surface area contributed by atoms with Gasteiger partial charge in [0.15, 0.2) is 0 Å². The number of carbonyl (C=O) groups is 1. The van der Waals surface area contributed by atoms with Crippen LogP contribution in [0, 0.1) is 0 Å². The van der Waals surface area contributed by atoms with Crippen LogP contribution in [0.5, 0.6) is 0 Å². The van der Waals surface area contributed by atoms with E-state index in [1.807, 2.05) is 0 Å². The van der Waals surface area contributed by atoms with Gasteiger partial charge >= 0.3 is 0 Å². The molecule has 0 radical (unpaired) electrons. The molecule has 0 spiro atoms. The van der Waals surface area contributed by atoms with Crippen molar-refractivity contribution in [3.8, 4) is 0 Å². The predicted molar refractivity (Wildman–Crippen MR) is 56.6 cm³/mol. The van der Waals surface area contributed by atoms with E-state index in [1.54, 1.807) is 0 Å². The molecule has 1 fully saturated rings. The normalized spacial score (nSPS) is 17.2. The predicted octanol–water partition coefficient (Wildman–Crippen LogP) is 1.69. The molecular formula is C10H18ClNO2. The van der Waals surface area contributed by atoms with Crippen LogP contribution in [0.15, 0.2) is 0 Å². The quantitative estimate of drug-likeness (QED) is 0.546. The highest BCUT2D eigenvalue weighted by Crippen LogP contribution is 2.20. The number of nitrogens with one attached hydrogen (secondary N) is 1. The van der Waals surface area contributed by atoms with Crippen molar-refractivity contribution in [1.82, 2.24) is 5.32 Å². The van der Waals surface area contributed by atoms with Crippen LogP contribution in [0.3, 0.4) is 0 Å². The third kappa shape index (κ3) is 4.82. The van der Waals surface area contributed by atoms with Crippen molar-refractivity contribution in [2.24, 2.45) is 0 Å². The second-order valence-electron chi connectivity index (χ2n) is 3.57. The van der Waals surface area contributed by atoms with E-state index in [2.05, 4.69) is 5.32 Å². The third-order valence-corrected chi connectivity index (χ3v) is 2.59. The molecule has 1 N–H and O–H groups in total. The van der Waals surface area contributed by atoms with Gasteiger partial charge in [0.05, 0.1) is 12.7 Å². The van der Waals surface area contributed by atoms with Crippen LogP contribution in [-0.2, 0) is 9.53 Å². The van der Waals surface area contributed by atoms with Crippen molar-refractivity contribution in [2.75, 3.05) is 19.0 Å². The van der Waals surface area contributed by atoms with E-state index in [-0.39, 0.29) is 5.91 Å². The van der Waals surface area contributed by atoms with Gasteiger partial charge in [0.1, 0.15) is 0 Å². The smallest absolute Gasteiger partial charge is 0.221 e. The Morgan fingerprint density at radius 3 is 2.79 bits per heavy atom. The molecule has 0 saturated heterocycles. The molecule has 0 aromatic heterocycles. The van der Waals surface area contributed by atoms with Crippen LogP contribution >= 0.6 is 11.6 Å². The first kappa shape index (κ1) is 11.8. The SMILES string of the molecule is O=C(CCCl)NCCOC1CCCC1.